The summed E-state index contributed by atoms with van der Waals surface area (Å²) in [5.74, 6) is 1.63. The number of nitrogens with one attached hydrogen (secondary N) is 1. The van der Waals surface area contributed by atoms with E-state index in [1.807, 2.05) is 30.3 Å². The van der Waals surface area contributed by atoms with E-state index in [-0.39, 0.29) is 13.1 Å². The lowest BCUT2D eigenvalue weighted by Crippen LogP contribution is -2.41. The van der Waals surface area contributed by atoms with Crippen LogP contribution in [0, 0.1) is 5.41 Å². The van der Waals surface area contributed by atoms with Gasteiger partial charge in [0.2, 0.25) is 0 Å². The van der Waals surface area contributed by atoms with Crippen LogP contribution < -0.4 is 15.4 Å². The molecule has 6 heteroatoms. The molecule has 0 amide bonds. The molecule has 1 unspecified atom stereocenters. The number of aromatic nitrogens is 1. The molecule has 2 aromatic rings. The normalized spacial score (nSPS) is 21.0. The molecular formula is C21H28N4O2. The van der Waals surface area contributed by atoms with Crippen molar-refractivity contribution in [2.24, 2.45) is 0 Å². The Morgan fingerprint density at radius 1 is 1.37 bits per heavy atom. The number of hydrogen-bond acceptors (Lipinski definition) is 6. The average Bonchev–Trinajstić information content (AvgIpc) is 3.39. The summed E-state index contributed by atoms with van der Waals surface area (Å²) in [6.07, 6.45) is 4.06. The maximum atomic E-state index is 8.70. The minimum Gasteiger partial charge on any atom is -0.488 e. The van der Waals surface area contributed by atoms with Gasteiger partial charge in [-0.1, -0.05) is 0 Å². The molecule has 1 saturated carbocycles. The standard InChI is InChI=1S/C21H26N4O2.H2/c1-14-13-25(9-10-26-14)19-11-15(5-8-24-19)20(23)17-12-16(3-4-18(17)22)27-21(2)6-7-21;/h3-5,8,11-12,14,23H,6-7,9-10,13,22H2,1-2H3;1H. The summed E-state index contributed by atoms with van der Waals surface area (Å²) < 4.78 is 11.6. The maximum Gasteiger partial charge on any atom is 0.129 e. The monoisotopic (exact) mass is 368 g/mol. The van der Waals surface area contributed by atoms with Crippen molar-refractivity contribution in [1.29, 1.82) is 5.41 Å². The van der Waals surface area contributed by atoms with Crippen LogP contribution in [0.2, 0.25) is 0 Å². The number of benzene rings is 1. The Kier molecular flexibility index (Phi) is 4.52. The van der Waals surface area contributed by atoms with E-state index >= 15 is 0 Å². The number of nitrogen functional groups attached to an aromatic ring is 1. The molecule has 3 N–H and O–H groups in total. The second-order valence-corrected chi connectivity index (χ2v) is 7.71. The fourth-order valence-corrected chi connectivity index (χ4v) is 3.31. The van der Waals surface area contributed by atoms with Crippen LogP contribution >= 0.6 is 0 Å². The molecule has 27 heavy (non-hydrogen) atoms. The molecule has 2 aliphatic rings. The first kappa shape index (κ1) is 17.8. The van der Waals surface area contributed by atoms with Crippen molar-refractivity contribution in [2.75, 3.05) is 30.3 Å². The second kappa shape index (κ2) is 6.85. The van der Waals surface area contributed by atoms with Gasteiger partial charge in [0.05, 0.1) is 18.4 Å². The first-order chi connectivity index (χ1) is 12.9. The van der Waals surface area contributed by atoms with Crippen LogP contribution in [-0.4, -0.2) is 42.1 Å². The third-order valence-electron chi connectivity index (χ3n) is 5.21. The number of rotatable bonds is 5. The summed E-state index contributed by atoms with van der Waals surface area (Å²) >= 11 is 0. The zero-order chi connectivity index (χ0) is 19.0. The van der Waals surface area contributed by atoms with E-state index in [0.29, 0.717) is 23.6 Å². The lowest BCUT2D eigenvalue weighted by Gasteiger charge is -2.32. The molecule has 1 aromatic carbocycles. The molecule has 2 fully saturated rings. The van der Waals surface area contributed by atoms with Gasteiger partial charge >= 0.3 is 0 Å². The molecule has 1 atom stereocenters. The van der Waals surface area contributed by atoms with Gasteiger partial charge in [-0.2, -0.15) is 0 Å². The summed E-state index contributed by atoms with van der Waals surface area (Å²) in [7, 11) is 0. The van der Waals surface area contributed by atoms with Crippen LogP contribution in [0.25, 0.3) is 0 Å². The molecule has 1 aromatic heterocycles. The second-order valence-electron chi connectivity index (χ2n) is 7.71. The van der Waals surface area contributed by atoms with Gasteiger partial charge in [-0.05, 0) is 57.0 Å². The fourth-order valence-electron chi connectivity index (χ4n) is 3.31. The van der Waals surface area contributed by atoms with Gasteiger partial charge in [-0.25, -0.2) is 4.98 Å². The van der Waals surface area contributed by atoms with E-state index in [1.165, 1.54) is 0 Å². The van der Waals surface area contributed by atoms with E-state index in [9.17, 15) is 0 Å². The van der Waals surface area contributed by atoms with Crippen LogP contribution in [0.1, 0.15) is 39.2 Å². The Balaban J connectivity index is 0.00000225. The van der Waals surface area contributed by atoms with Gasteiger partial charge in [0, 0.05) is 37.5 Å². The van der Waals surface area contributed by atoms with Crippen molar-refractivity contribution in [3.05, 3.63) is 47.7 Å². The molecular weight excluding hydrogens is 340 g/mol. The van der Waals surface area contributed by atoms with Gasteiger partial charge < -0.3 is 20.1 Å². The minimum atomic E-state index is -0.0631. The molecule has 2 heterocycles. The van der Waals surface area contributed by atoms with Crippen LogP contribution in [0.4, 0.5) is 11.5 Å². The Morgan fingerprint density at radius 3 is 2.93 bits per heavy atom. The van der Waals surface area contributed by atoms with Crippen LogP contribution in [-0.2, 0) is 4.74 Å². The van der Waals surface area contributed by atoms with Crippen molar-refractivity contribution in [3.8, 4) is 5.75 Å². The average molecular weight is 368 g/mol. The van der Waals surface area contributed by atoms with Crippen molar-refractivity contribution >= 4 is 17.2 Å². The summed E-state index contributed by atoms with van der Waals surface area (Å²) in [6.45, 7) is 6.46. The number of nitrogens with two attached hydrogens (primary N) is 1. The highest BCUT2D eigenvalue weighted by molar-refractivity contribution is 6.14. The first-order valence-corrected chi connectivity index (χ1v) is 9.44. The summed E-state index contributed by atoms with van der Waals surface area (Å²) in [4.78, 5) is 6.68. The number of morpholine rings is 1. The highest BCUT2D eigenvalue weighted by Gasteiger charge is 2.40. The van der Waals surface area contributed by atoms with E-state index < -0.39 is 0 Å². The lowest BCUT2D eigenvalue weighted by atomic mass is 10.0. The van der Waals surface area contributed by atoms with Gasteiger partial charge in [0.25, 0.3) is 0 Å². The molecule has 4 rings (SSSR count). The highest BCUT2D eigenvalue weighted by atomic mass is 16.5. The highest BCUT2D eigenvalue weighted by Crippen LogP contribution is 2.40. The zero-order valence-electron chi connectivity index (χ0n) is 15.9. The molecule has 0 spiro atoms. The SMILES string of the molecule is CC1CN(c2cc(C(=N)c3cc(OC4(C)CC4)ccc3N)ccn2)CCO1.[HH]. The number of pyridine rings is 1. The van der Waals surface area contributed by atoms with Crippen LogP contribution in [0.3, 0.4) is 0 Å². The molecule has 0 radical (unpaired) electrons. The number of nitrogens with zero attached hydrogens (tertiary/aromatic N) is 2. The quantitative estimate of drug-likeness (QED) is 0.623. The van der Waals surface area contributed by atoms with Crippen molar-refractivity contribution < 1.29 is 10.9 Å². The van der Waals surface area contributed by atoms with Gasteiger partial charge in [-0.15, -0.1) is 0 Å². The van der Waals surface area contributed by atoms with E-state index in [1.54, 1.807) is 6.20 Å². The topological polar surface area (TPSA) is 84.5 Å². The third kappa shape index (κ3) is 3.90. The first-order valence-electron chi connectivity index (χ1n) is 9.44. The fraction of sp³-hybridized carbons (Fsp3) is 0.429. The van der Waals surface area contributed by atoms with Gasteiger partial charge in [-0.3, -0.25) is 5.41 Å². The Bertz CT molecular complexity index is 869. The summed E-state index contributed by atoms with van der Waals surface area (Å²) in [5.41, 5.74) is 8.54. The van der Waals surface area contributed by atoms with Gasteiger partial charge in [0.15, 0.2) is 0 Å². The largest absolute Gasteiger partial charge is 0.488 e. The number of ether oxygens (including phenoxy) is 2. The van der Waals surface area contributed by atoms with Gasteiger partial charge in [0.1, 0.15) is 17.2 Å². The van der Waals surface area contributed by atoms with Crippen LogP contribution in [0.5, 0.6) is 5.75 Å². The predicted octanol–water partition coefficient (Wildman–Crippen LogP) is 3.48. The Morgan fingerprint density at radius 2 is 2.19 bits per heavy atom. The van der Waals surface area contributed by atoms with Crippen molar-refractivity contribution in [3.63, 3.8) is 0 Å². The minimum absolute atomic E-state index is 0. The maximum absolute atomic E-state index is 8.70. The molecule has 1 aliphatic heterocycles. The predicted molar refractivity (Wildman–Crippen MR) is 109 cm³/mol. The van der Waals surface area contributed by atoms with E-state index in [2.05, 4.69) is 23.7 Å². The third-order valence-corrected chi connectivity index (χ3v) is 5.21. The number of anilines is 2. The van der Waals surface area contributed by atoms with E-state index in [0.717, 1.165) is 43.1 Å². The summed E-state index contributed by atoms with van der Waals surface area (Å²) in [6, 6.07) is 9.37. The lowest BCUT2D eigenvalue weighted by molar-refractivity contribution is 0.0529. The molecule has 1 saturated heterocycles. The smallest absolute Gasteiger partial charge is 0.129 e. The summed E-state index contributed by atoms with van der Waals surface area (Å²) in [5, 5.41) is 8.70. The number of hydrogen-bond donors (Lipinski definition) is 2. The van der Waals surface area contributed by atoms with Crippen molar-refractivity contribution in [2.45, 2.75) is 38.4 Å². The molecule has 0 bridgehead atoms. The van der Waals surface area contributed by atoms with E-state index in [4.69, 9.17) is 20.6 Å². The van der Waals surface area contributed by atoms with Crippen LogP contribution in [0.15, 0.2) is 36.5 Å². The van der Waals surface area contributed by atoms with Crippen molar-refractivity contribution in [1.82, 2.24) is 4.98 Å². The Labute approximate surface area is 161 Å². The Hall–Kier alpha value is -2.60. The molecule has 144 valence electrons. The zero-order valence-corrected chi connectivity index (χ0v) is 15.9. The molecule has 1 aliphatic carbocycles. The molecule has 6 nitrogen and oxygen atoms in total.